The first-order chi connectivity index (χ1) is 9.03. The van der Waals surface area contributed by atoms with Crippen molar-refractivity contribution < 1.29 is 9.59 Å². The summed E-state index contributed by atoms with van der Waals surface area (Å²) in [6.07, 6.45) is 4.17. The second-order valence-corrected chi connectivity index (χ2v) is 6.06. The molecular formula is C14H25N3O2. The van der Waals surface area contributed by atoms with Gasteiger partial charge in [0.25, 0.3) is 0 Å². The summed E-state index contributed by atoms with van der Waals surface area (Å²) in [5.41, 5.74) is -0.238. The lowest BCUT2D eigenvalue weighted by Gasteiger charge is -2.32. The number of likely N-dealkylation sites (N-methyl/N-ethyl adjacent to an activating group) is 1. The summed E-state index contributed by atoms with van der Waals surface area (Å²) in [5, 5.41) is 3.22. The van der Waals surface area contributed by atoms with Gasteiger partial charge in [0.1, 0.15) is 0 Å². The van der Waals surface area contributed by atoms with Crippen molar-refractivity contribution in [3.8, 4) is 0 Å². The molecule has 1 aliphatic carbocycles. The van der Waals surface area contributed by atoms with Crippen LogP contribution in [0, 0.1) is 5.41 Å². The van der Waals surface area contributed by atoms with Gasteiger partial charge in [0.2, 0.25) is 11.8 Å². The molecule has 2 aliphatic rings. The van der Waals surface area contributed by atoms with Crippen LogP contribution >= 0.6 is 0 Å². The lowest BCUT2D eigenvalue weighted by atomic mass is 9.87. The number of carbonyl (C=O) groups is 2. The predicted octanol–water partition coefficient (Wildman–Crippen LogP) is 0.457. The lowest BCUT2D eigenvalue weighted by molar-refractivity contribution is -0.145. The van der Waals surface area contributed by atoms with E-state index < -0.39 is 0 Å². The molecule has 1 aliphatic heterocycles. The molecule has 0 aromatic heterocycles. The fourth-order valence-electron chi connectivity index (χ4n) is 3.12. The van der Waals surface area contributed by atoms with Crippen LogP contribution in [0.2, 0.25) is 0 Å². The first-order valence-corrected chi connectivity index (χ1v) is 7.27. The number of hydrogen-bond acceptors (Lipinski definition) is 3. The highest BCUT2D eigenvalue weighted by Crippen LogP contribution is 2.38. The van der Waals surface area contributed by atoms with Crippen LogP contribution in [0.25, 0.3) is 0 Å². The quantitative estimate of drug-likeness (QED) is 0.808. The van der Waals surface area contributed by atoms with Gasteiger partial charge >= 0.3 is 0 Å². The predicted molar refractivity (Wildman–Crippen MR) is 73.7 cm³/mol. The minimum absolute atomic E-state index is 0.0685. The van der Waals surface area contributed by atoms with Crippen molar-refractivity contribution in [2.45, 2.75) is 32.6 Å². The monoisotopic (exact) mass is 267 g/mol. The van der Waals surface area contributed by atoms with Crippen LogP contribution in [-0.4, -0.2) is 61.4 Å². The number of nitrogens with one attached hydrogen (secondary N) is 1. The normalized spacial score (nSPS) is 22.3. The fraction of sp³-hybridized carbons (Fsp3) is 0.857. The Morgan fingerprint density at radius 1 is 1.21 bits per heavy atom. The number of nitrogens with zero attached hydrogens (tertiary/aromatic N) is 2. The Balaban J connectivity index is 1.87. The maximum Gasteiger partial charge on any atom is 0.242 e. The van der Waals surface area contributed by atoms with Gasteiger partial charge in [-0.15, -0.1) is 0 Å². The average molecular weight is 267 g/mol. The first kappa shape index (κ1) is 14.3. The fourth-order valence-corrected chi connectivity index (χ4v) is 3.12. The summed E-state index contributed by atoms with van der Waals surface area (Å²) in [6, 6.07) is 0. The molecule has 2 rings (SSSR count). The summed E-state index contributed by atoms with van der Waals surface area (Å²) >= 11 is 0. The van der Waals surface area contributed by atoms with E-state index in [1.807, 2.05) is 11.8 Å². The highest BCUT2D eigenvalue weighted by molar-refractivity contribution is 5.87. The van der Waals surface area contributed by atoms with E-state index in [2.05, 4.69) is 5.32 Å². The molecule has 5 nitrogen and oxygen atoms in total. The van der Waals surface area contributed by atoms with E-state index >= 15 is 0 Å². The lowest BCUT2D eigenvalue weighted by Crippen LogP contribution is -2.51. The summed E-state index contributed by atoms with van der Waals surface area (Å²) < 4.78 is 0. The van der Waals surface area contributed by atoms with Crippen molar-refractivity contribution in [1.82, 2.24) is 15.1 Å². The zero-order valence-electron chi connectivity index (χ0n) is 12.1. The van der Waals surface area contributed by atoms with Crippen molar-refractivity contribution in [3.05, 3.63) is 0 Å². The molecule has 2 amide bonds. The van der Waals surface area contributed by atoms with Gasteiger partial charge in [-0.25, -0.2) is 0 Å². The van der Waals surface area contributed by atoms with E-state index in [1.165, 1.54) is 0 Å². The third kappa shape index (κ3) is 3.26. The molecule has 1 saturated carbocycles. The Hall–Kier alpha value is -1.10. The molecule has 19 heavy (non-hydrogen) atoms. The van der Waals surface area contributed by atoms with Gasteiger partial charge < -0.3 is 15.1 Å². The Bertz CT molecular complexity index is 345. The Kier molecular flexibility index (Phi) is 4.45. The molecule has 0 aromatic carbocycles. The average Bonchev–Trinajstić information content (AvgIpc) is 2.87. The van der Waals surface area contributed by atoms with Crippen molar-refractivity contribution >= 4 is 11.8 Å². The number of hydrogen-bond donors (Lipinski definition) is 1. The minimum Gasteiger partial charge on any atom is -0.339 e. The van der Waals surface area contributed by atoms with Crippen LogP contribution in [0.15, 0.2) is 0 Å². The third-order valence-corrected chi connectivity index (χ3v) is 4.41. The summed E-state index contributed by atoms with van der Waals surface area (Å²) in [5.74, 6) is 0.201. The number of piperazine rings is 1. The van der Waals surface area contributed by atoms with E-state index in [0.29, 0.717) is 0 Å². The van der Waals surface area contributed by atoms with Gasteiger partial charge in [-0.1, -0.05) is 19.8 Å². The maximum absolute atomic E-state index is 12.4. The van der Waals surface area contributed by atoms with Gasteiger partial charge in [0.05, 0.1) is 6.54 Å². The van der Waals surface area contributed by atoms with Gasteiger partial charge in [0.15, 0.2) is 0 Å². The summed E-state index contributed by atoms with van der Waals surface area (Å²) in [6.45, 7) is 5.45. The second-order valence-electron chi connectivity index (χ2n) is 6.06. The van der Waals surface area contributed by atoms with Crippen molar-refractivity contribution in [1.29, 1.82) is 0 Å². The molecule has 0 unspecified atom stereocenters. The van der Waals surface area contributed by atoms with E-state index in [9.17, 15) is 9.59 Å². The standard InChI is InChI=1S/C14H25N3O2/c1-14(5-3-4-6-14)13(19)16(2)11-12(18)17-9-7-15-8-10-17/h15H,3-11H2,1-2H3. The highest BCUT2D eigenvalue weighted by atomic mass is 16.2. The third-order valence-electron chi connectivity index (χ3n) is 4.41. The van der Waals surface area contributed by atoms with Crippen LogP contribution in [0.3, 0.4) is 0 Å². The number of amides is 2. The molecule has 1 heterocycles. The molecule has 0 atom stereocenters. The Morgan fingerprint density at radius 2 is 1.79 bits per heavy atom. The molecule has 1 N–H and O–H groups in total. The van der Waals surface area contributed by atoms with Gasteiger partial charge in [-0.3, -0.25) is 9.59 Å². The number of carbonyl (C=O) groups excluding carboxylic acids is 2. The van der Waals surface area contributed by atoms with Crippen LogP contribution in [-0.2, 0) is 9.59 Å². The molecule has 2 fully saturated rings. The second kappa shape index (κ2) is 5.90. The van der Waals surface area contributed by atoms with Gasteiger partial charge in [-0.2, -0.15) is 0 Å². The van der Waals surface area contributed by atoms with Crippen LogP contribution in [0.1, 0.15) is 32.6 Å². The van der Waals surface area contributed by atoms with Gasteiger partial charge in [-0.05, 0) is 12.8 Å². The van der Waals surface area contributed by atoms with Crippen molar-refractivity contribution in [2.75, 3.05) is 39.8 Å². The molecule has 5 heteroatoms. The summed E-state index contributed by atoms with van der Waals surface area (Å²) in [7, 11) is 1.76. The van der Waals surface area contributed by atoms with E-state index in [-0.39, 0.29) is 23.8 Å². The van der Waals surface area contributed by atoms with E-state index in [1.54, 1.807) is 11.9 Å². The molecule has 0 radical (unpaired) electrons. The molecule has 0 spiro atoms. The first-order valence-electron chi connectivity index (χ1n) is 7.27. The van der Waals surface area contributed by atoms with Crippen LogP contribution in [0.5, 0.6) is 0 Å². The zero-order chi connectivity index (χ0) is 13.9. The molecular weight excluding hydrogens is 242 g/mol. The minimum atomic E-state index is -0.238. The van der Waals surface area contributed by atoms with Crippen LogP contribution in [0.4, 0.5) is 0 Å². The van der Waals surface area contributed by atoms with Crippen LogP contribution < -0.4 is 5.32 Å². The summed E-state index contributed by atoms with van der Waals surface area (Å²) in [4.78, 5) is 28.0. The SMILES string of the molecule is CN(CC(=O)N1CCNCC1)C(=O)C1(C)CCCC1. The number of rotatable bonds is 3. The Morgan fingerprint density at radius 3 is 2.37 bits per heavy atom. The zero-order valence-corrected chi connectivity index (χ0v) is 12.1. The molecule has 0 aromatic rings. The highest BCUT2D eigenvalue weighted by Gasteiger charge is 2.38. The molecule has 1 saturated heterocycles. The largest absolute Gasteiger partial charge is 0.339 e. The maximum atomic E-state index is 12.4. The molecule has 108 valence electrons. The van der Waals surface area contributed by atoms with Crippen molar-refractivity contribution in [3.63, 3.8) is 0 Å². The van der Waals surface area contributed by atoms with E-state index in [4.69, 9.17) is 0 Å². The molecule has 0 bridgehead atoms. The van der Waals surface area contributed by atoms with E-state index in [0.717, 1.165) is 51.9 Å². The topological polar surface area (TPSA) is 52.7 Å². The Labute approximate surface area is 115 Å². The smallest absolute Gasteiger partial charge is 0.242 e. The van der Waals surface area contributed by atoms with Gasteiger partial charge in [0, 0.05) is 38.6 Å². The van der Waals surface area contributed by atoms with Crippen molar-refractivity contribution in [2.24, 2.45) is 5.41 Å².